The number of fused-ring (bicyclic) bond motifs is 1. The molecule has 1 aliphatic rings. The highest BCUT2D eigenvalue weighted by atomic mass is 15.1. The first-order chi connectivity index (χ1) is 9.35. The Morgan fingerprint density at radius 3 is 2.89 bits per heavy atom. The van der Waals surface area contributed by atoms with Crippen LogP contribution in [0.4, 0.5) is 0 Å². The van der Waals surface area contributed by atoms with Crippen LogP contribution in [0.25, 0.3) is 0 Å². The Morgan fingerprint density at radius 2 is 2.05 bits per heavy atom. The molecule has 0 spiro atoms. The number of hydrogen-bond acceptors (Lipinski definition) is 3. The predicted octanol–water partition coefficient (Wildman–Crippen LogP) is 2.51. The van der Waals surface area contributed by atoms with Gasteiger partial charge in [-0.3, -0.25) is 4.90 Å². The second-order valence-electron chi connectivity index (χ2n) is 4.89. The van der Waals surface area contributed by atoms with Gasteiger partial charge < -0.3 is 0 Å². The maximum Gasteiger partial charge on any atom is 0.140 e. The van der Waals surface area contributed by atoms with Crippen LogP contribution in [0.2, 0.25) is 0 Å². The van der Waals surface area contributed by atoms with Crippen molar-refractivity contribution < 1.29 is 0 Å². The van der Waals surface area contributed by atoms with E-state index in [0.717, 1.165) is 31.6 Å². The maximum atomic E-state index is 8.87. The molecule has 0 atom stereocenters. The van der Waals surface area contributed by atoms with E-state index in [4.69, 9.17) is 5.26 Å². The largest absolute Gasteiger partial charge is 0.294 e. The van der Waals surface area contributed by atoms with Crippen LogP contribution in [0, 0.1) is 11.3 Å². The molecule has 3 rings (SSSR count). The molecule has 0 unspecified atom stereocenters. The van der Waals surface area contributed by atoms with E-state index < -0.39 is 0 Å². The average Bonchev–Trinajstić information content (AvgIpc) is 2.47. The zero-order valence-corrected chi connectivity index (χ0v) is 10.7. The van der Waals surface area contributed by atoms with Gasteiger partial charge in [-0.25, -0.2) is 4.98 Å². The van der Waals surface area contributed by atoms with Crippen LogP contribution < -0.4 is 0 Å². The van der Waals surface area contributed by atoms with Crippen molar-refractivity contribution in [3.05, 3.63) is 65.0 Å². The molecule has 0 bridgehead atoms. The predicted molar refractivity (Wildman–Crippen MR) is 73.2 cm³/mol. The number of aromatic nitrogens is 1. The molecule has 2 heterocycles. The zero-order chi connectivity index (χ0) is 13.1. The Morgan fingerprint density at radius 1 is 1.21 bits per heavy atom. The molecule has 0 amide bonds. The Bertz CT molecular complexity index is 628. The number of benzene rings is 1. The molecule has 0 N–H and O–H groups in total. The summed E-state index contributed by atoms with van der Waals surface area (Å²) in [6, 6.07) is 14.6. The zero-order valence-electron chi connectivity index (χ0n) is 10.7. The van der Waals surface area contributed by atoms with Gasteiger partial charge in [-0.1, -0.05) is 24.3 Å². The molecule has 3 nitrogen and oxygen atoms in total. The first-order valence-corrected chi connectivity index (χ1v) is 6.49. The molecule has 94 valence electrons. The Balaban J connectivity index is 1.74. The first-order valence-electron chi connectivity index (χ1n) is 6.49. The van der Waals surface area contributed by atoms with E-state index in [1.54, 1.807) is 6.20 Å². The highest BCUT2D eigenvalue weighted by Gasteiger charge is 2.15. The van der Waals surface area contributed by atoms with Gasteiger partial charge in [0, 0.05) is 25.8 Å². The number of rotatable bonds is 2. The second-order valence-corrected chi connectivity index (χ2v) is 4.89. The van der Waals surface area contributed by atoms with Gasteiger partial charge >= 0.3 is 0 Å². The van der Waals surface area contributed by atoms with Crippen molar-refractivity contribution in [1.29, 1.82) is 5.26 Å². The third kappa shape index (κ3) is 2.64. The lowest BCUT2D eigenvalue weighted by Crippen LogP contribution is -2.30. The van der Waals surface area contributed by atoms with Crippen molar-refractivity contribution in [1.82, 2.24) is 9.88 Å². The molecule has 1 aliphatic heterocycles. The summed E-state index contributed by atoms with van der Waals surface area (Å²) in [6.45, 7) is 2.94. The summed E-state index contributed by atoms with van der Waals surface area (Å²) in [5.74, 6) is 0. The smallest absolute Gasteiger partial charge is 0.140 e. The standard InChI is InChI=1S/C16H15N3/c17-10-16-9-13(5-7-18-16)11-19-8-6-14-3-1-2-4-15(14)12-19/h1-5,7,9H,6,8,11-12H2. The quantitative estimate of drug-likeness (QED) is 0.821. The molecule has 19 heavy (non-hydrogen) atoms. The summed E-state index contributed by atoms with van der Waals surface area (Å²) in [7, 11) is 0. The summed E-state index contributed by atoms with van der Waals surface area (Å²) < 4.78 is 0. The van der Waals surface area contributed by atoms with Crippen LogP contribution in [0.15, 0.2) is 42.6 Å². The number of nitrogens with zero attached hydrogens (tertiary/aromatic N) is 3. The lowest BCUT2D eigenvalue weighted by Gasteiger charge is -2.28. The van der Waals surface area contributed by atoms with Crippen LogP contribution in [0.1, 0.15) is 22.4 Å². The van der Waals surface area contributed by atoms with Crippen molar-refractivity contribution in [2.45, 2.75) is 19.5 Å². The normalized spacial score (nSPS) is 14.7. The molecular weight excluding hydrogens is 234 g/mol. The lowest BCUT2D eigenvalue weighted by atomic mass is 9.99. The van der Waals surface area contributed by atoms with Crippen LogP contribution in [0.5, 0.6) is 0 Å². The third-order valence-electron chi connectivity index (χ3n) is 3.55. The van der Waals surface area contributed by atoms with Crippen LogP contribution in [0.3, 0.4) is 0 Å². The van der Waals surface area contributed by atoms with Crippen molar-refractivity contribution in [2.75, 3.05) is 6.54 Å². The molecule has 0 aliphatic carbocycles. The van der Waals surface area contributed by atoms with Crippen LogP contribution in [-0.4, -0.2) is 16.4 Å². The molecular formula is C16H15N3. The van der Waals surface area contributed by atoms with Gasteiger partial charge in [0.15, 0.2) is 0 Å². The van der Waals surface area contributed by atoms with Crippen LogP contribution in [-0.2, 0) is 19.5 Å². The fourth-order valence-corrected chi connectivity index (χ4v) is 2.58. The molecule has 3 heteroatoms. The number of nitriles is 1. The Hall–Kier alpha value is -2.18. The minimum atomic E-state index is 0.495. The minimum Gasteiger partial charge on any atom is -0.294 e. The highest BCUT2D eigenvalue weighted by molar-refractivity contribution is 5.30. The van der Waals surface area contributed by atoms with Gasteiger partial charge in [-0.15, -0.1) is 0 Å². The second kappa shape index (κ2) is 5.21. The van der Waals surface area contributed by atoms with Gasteiger partial charge in [-0.05, 0) is 35.2 Å². The van der Waals surface area contributed by atoms with E-state index in [0.29, 0.717) is 5.69 Å². The summed E-state index contributed by atoms with van der Waals surface area (Å²) in [6.07, 6.45) is 2.82. The molecule has 1 aromatic heterocycles. The van der Waals surface area contributed by atoms with E-state index >= 15 is 0 Å². The molecule has 0 fully saturated rings. The van der Waals surface area contributed by atoms with Crippen LogP contribution >= 0.6 is 0 Å². The molecule has 0 saturated carbocycles. The average molecular weight is 249 g/mol. The monoisotopic (exact) mass is 249 g/mol. The van der Waals surface area contributed by atoms with Crippen molar-refractivity contribution in [2.24, 2.45) is 0 Å². The van der Waals surface area contributed by atoms with E-state index in [1.165, 1.54) is 11.1 Å². The molecule has 2 aromatic rings. The maximum absolute atomic E-state index is 8.87. The van der Waals surface area contributed by atoms with Crippen molar-refractivity contribution in [3.63, 3.8) is 0 Å². The third-order valence-corrected chi connectivity index (χ3v) is 3.55. The van der Waals surface area contributed by atoms with E-state index in [1.807, 2.05) is 12.1 Å². The fraction of sp³-hybridized carbons (Fsp3) is 0.250. The Kier molecular flexibility index (Phi) is 3.26. The summed E-state index contributed by atoms with van der Waals surface area (Å²) in [5.41, 5.74) is 4.54. The number of pyridine rings is 1. The van der Waals surface area contributed by atoms with Gasteiger partial charge in [0.25, 0.3) is 0 Å². The fourth-order valence-electron chi connectivity index (χ4n) is 2.58. The van der Waals surface area contributed by atoms with E-state index in [-0.39, 0.29) is 0 Å². The Labute approximate surface area is 113 Å². The number of hydrogen-bond donors (Lipinski definition) is 0. The summed E-state index contributed by atoms with van der Waals surface area (Å²) >= 11 is 0. The van der Waals surface area contributed by atoms with E-state index in [2.05, 4.69) is 40.2 Å². The van der Waals surface area contributed by atoms with Gasteiger partial charge in [0.2, 0.25) is 0 Å². The molecule has 1 aromatic carbocycles. The summed E-state index contributed by atoms with van der Waals surface area (Å²) in [4.78, 5) is 6.42. The molecule has 0 radical (unpaired) electrons. The van der Waals surface area contributed by atoms with E-state index in [9.17, 15) is 0 Å². The van der Waals surface area contributed by atoms with Crippen molar-refractivity contribution in [3.8, 4) is 6.07 Å². The molecule has 0 saturated heterocycles. The van der Waals surface area contributed by atoms with Gasteiger partial charge in [-0.2, -0.15) is 5.26 Å². The summed E-state index contributed by atoms with van der Waals surface area (Å²) in [5, 5.41) is 8.87. The van der Waals surface area contributed by atoms with Gasteiger partial charge in [0.1, 0.15) is 11.8 Å². The first kappa shape index (κ1) is 11.9. The topological polar surface area (TPSA) is 39.9 Å². The lowest BCUT2D eigenvalue weighted by molar-refractivity contribution is 0.245. The SMILES string of the molecule is N#Cc1cc(CN2CCc3ccccc3C2)ccn1. The van der Waals surface area contributed by atoms with Crippen molar-refractivity contribution >= 4 is 0 Å². The highest BCUT2D eigenvalue weighted by Crippen LogP contribution is 2.20. The minimum absolute atomic E-state index is 0.495. The van der Waals surface area contributed by atoms with Gasteiger partial charge in [0.05, 0.1) is 0 Å².